The van der Waals surface area contributed by atoms with Crippen molar-refractivity contribution in [3.63, 3.8) is 0 Å². The highest BCUT2D eigenvalue weighted by atomic mass is 16.5. The Balaban J connectivity index is 1.73. The maximum atomic E-state index is 12.6. The van der Waals surface area contributed by atoms with Gasteiger partial charge in [-0.3, -0.25) is 4.79 Å². The van der Waals surface area contributed by atoms with Gasteiger partial charge in [0.05, 0.1) is 17.9 Å². The number of aryl methyl sites for hydroxylation is 2. The van der Waals surface area contributed by atoms with Crippen LogP contribution in [0.25, 0.3) is 11.4 Å². The van der Waals surface area contributed by atoms with E-state index in [1.807, 2.05) is 69.3 Å². The van der Waals surface area contributed by atoms with Gasteiger partial charge in [0, 0.05) is 23.9 Å². The van der Waals surface area contributed by atoms with E-state index in [0.717, 1.165) is 16.9 Å². The highest BCUT2D eigenvalue weighted by Gasteiger charge is 2.13. The molecule has 0 saturated heterocycles. The quantitative estimate of drug-likeness (QED) is 0.718. The van der Waals surface area contributed by atoms with E-state index in [9.17, 15) is 4.79 Å². The van der Waals surface area contributed by atoms with E-state index < -0.39 is 0 Å². The Morgan fingerprint density at radius 1 is 1.07 bits per heavy atom. The Hall–Kier alpha value is -3.21. The van der Waals surface area contributed by atoms with Gasteiger partial charge in [0.25, 0.3) is 5.91 Å². The first kappa shape index (κ1) is 18.6. The maximum absolute atomic E-state index is 12.6. The van der Waals surface area contributed by atoms with Crippen LogP contribution in [0.2, 0.25) is 0 Å². The lowest BCUT2D eigenvalue weighted by molar-refractivity contribution is 0.0949. The molecule has 0 aliphatic carbocycles. The molecule has 0 aliphatic rings. The first-order valence-corrected chi connectivity index (χ1v) is 8.98. The number of hydrogen-bond acceptors (Lipinski definition) is 4. The van der Waals surface area contributed by atoms with E-state index in [1.54, 1.807) is 6.20 Å². The van der Waals surface area contributed by atoms with Crippen molar-refractivity contribution in [2.24, 2.45) is 0 Å². The number of nitrogens with one attached hydrogen (secondary N) is 1. The molecule has 2 aromatic carbocycles. The first-order chi connectivity index (χ1) is 13.1. The zero-order valence-electron chi connectivity index (χ0n) is 15.8. The fraction of sp³-hybridized carbons (Fsp3) is 0.227. The average Bonchev–Trinajstić information content (AvgIpc) is 2.68. The number of hydrogen-bond donors (Lipinski definition) is 1. The summed E-state index contributed by atoms with van der Waals surface area (Å²) in [7, 11) is 0. The normalized spacial score (nSPS) is 10.5. The molecule has 0 atom stereocenters. The summed E-state index contributed by atoms with van der Waals surface area (Å²) >= 11 is 0. The third-order valence-corrected chi connectivity index (χ3v) is 4.25. The van der Waals surface area contributed by atoms with E-state index in [1.165, 1.54) is 5.56 Å². The van der Waals surface area contributed by atoms with Gasteiger partial charge in [-0.05, 0) is 26.8 Å². The number of para-hydroxylation sites is 1. The molecule has 138 valence electrons. The molecule has 5 heteroatoms. The van der Waals surface area contributed by atoms with Crippen LogP contribution in [0, 0.1) is 13.8 Å². The van der Waals surface area contributed by atoms with Crippen LogP contribution in [0.1, 0.15) is 34.1 Å². The Morgan fingerprint density at radius 2 is 1.81 bits per heavy atom. The summed E-state index contributed by atoms with van der Waals surface area (Å²) in [5, 5.41) is 2.92. The monoisotopic (exact) mass is 361 g/mol. The van der Waals surface area contributed by atoms with Crippen LogP contribution >= 0.6 is 0 Å². The predicted molar refractivity (Wildman–Crippen MR) is 106 cm³/mol. The molecular formula is C22H23N3O2. The smallest absolute Gasteiger partial charge is 0.254 e. The fourth-order valence-corrected chi connectivity index (χ4v) is 2.75. The Bertz CT molecular complexity index is 937. The van der Waals surface area contributed by atoms with Crippen molar-refractivity contribution in [2.45, 2.75) is 27.3 Å². The maximum Gasteiger partial charge on any atom is 0.254 e. The number of amides is 1. The molecule has 0 radical (unpaired) electrons. The van der Waals surface area contributed by atoms with E-state index in [-0.39, 0.29) is 5.91 Å². The van der Waals surface area contributed by atoms with Gasteiger partial charge in [0.1, 0.15) is 5.75 Å². The zero-order valence-corrected chi connectivity index (χ0v) is 15.8. The number of carbonyl (C=O) groups excluding carboxylic acids is 1. The molecule has 3 rings (SSSR count). The topological polar surface area (TPSA) is 64.1 Å². The number of rotatable bonds is 6. The van der Waals surface area contributed by atoms with E-state index in [0.29, 0.717) is 30.2 Å². The summed E-state index contributed by atoms with van der Waals surface area (Å²) in [5.41, 5.74) is 4.17. The van der Waals surface area contributed by atoms with Crippen molar-refractivity contribution in [3.8, 4) is 17.1 Å². The van der Waals surface area contributed by atoms with Crippen LogP contribution in [0.15, 0.2) is 54.7 Å². The second-order valence-corrected chi connectivity index (χ2v) is 6.28. The molecule has 1 aromatic heterocycles. The van der Waals surface area contributed by atoms with Crippen LogP contribution in [-0.2, 0) is 6.54 Å². The molecule has 0 fully saturated rings. The largest absolute Gasteiger partial charge is 0.494 e. The second-order valence-electron chi connectivity index (χ2n) is 6.28. The minimum Gasteiger partial charge on any atom is -0.494 e. The lowest BCUT2D eigenvalue weighted by Crippen LogP contribution is -2.24. The molecule has 0 saturated carbocycles. The van der Waals surface area contributed by atoms with Gasteiger partial charge in [-0.15, -0.1) is 0 Å². The third-order valence-electron chi connectivity index (χ3n) is 4.25. The van der Waals surface area contributed by atoms with Gasteiger partial charge in [0.15, 0.2) is 5.82 Å². The van der Waals surface area contributed by atoms with Crippen LogP contribution < -0.4 is 10.1 Å². The number of nitrogens with zero attached hydrogens (tertiary/aromatic N) is 2. The summed E-state index contributed by atoms with van der Waals surface area (Å²) in [6, 6.07) is 15.7. The van der Waals surface area contributed by atoms with Crippen molar-refractivity contribution < 1.29 is 9.53 Å². The van der Waals surface area contributed by atoms with Crippen molar-refractivity contribution >= 4 is 5.91 Å². The predicted octanol–water partition coefficient (Wildman–Crippen LogP) is 4.09. The summed E-state index contributed by atoms with van der Waals surface area (Å²) < 4.78 is 5.60. The minimum absolute atomic E-state index is 0.200. The lowest BCUT2D eigenvalue weighted by atomic mass is 10.1. The Kier molecular flexibility index (Phi) is 5.81. The van der Waals surface area contributed by atoms with E-state index in [2.05, 4.69) is 15.3 Å². The molecule has 1 heterocycles. The number of aromatic nitrogens is 2. The van der Waals surface area contributed by atoms with Crippen molar-refractivity contribution in [1.29, 1.82) is 0 Å². The Labute approximate surface area is 159 Å². The summed E-state index contributed by atoms with van der Waals surface area (Å²) in [5.74, 6) is 1.20. The van der Waals surface area contributed by atoms with Gasteiger partial charge >= 0.3 is 0 Å². The fourth-order valence-electron chi connectivity index (χ4n) is 2.75. The van der Waals surface area contributed by atoms with E-state index in [4.69, 9.17) is 4.74 Å². The molecule has 0 spiro atoms. The molecule has 0 bridgehead atoms. The second kappa shape index (κ2) is 8.45. The SMILES string of the molecule is CCOc1ccccc1CNC(=O)c1cnc(-c2ccc(C)cc2)nc1C. The van der Waals surface area contributed by atoms with Crippen LogP contribution in [0.5, 0.6) is 5.75 Å². The molecule has 1 N–H and O–H groups in total. The van der Waals surface area contributed by atoms with Crippen LogP contribution in [0.4, 0.5) is 0 Å². The van der Waals surface area contributed by atoms with E-state index >= 15 is 0 Å². The highest BCUT2D eigenvalue weighted by molar-refractivity contribution is 5.95. The minimum atomic E-state index is -0.200. The average molecular weight is 361 g/mol. The van der Waals surface area contributed by atoms with Crippen molar-refractivity contribution in [3.05, 3.63) is 77.1 Å². The molecule has 5 nitrogen and oxygen atoms in total. The van der Waals surface area contributed by atoms with Gasteiger partial charge in [-0.25, -0.2) is 9.97 Å². The highest BCUT2D eigenvalue weighted by Crippen LogP contribution is 2.19. The standard InChI is InChI=1S/C22H23N3O2/c1-4-27-20-8-6-5-7-18(20)13-24-22(26)19-14-23-21(25-16(19)3)17-11-9-15(2)10-12-17/h5-12,14H,4,13H2,1-3H3,(H,24,26). The molecule has 27 heavy (non-hydrogen) atoms. The molecular weight excluding hydrogens is 338 g/mol. The van der Waals surface area contributed by atoms with Gasteiger partial charge < -0.3 is 10.1 Å². The summed E-state index contributed by atoms with van der Waals surface area (Å²) in [6.45, 7) is 6.76. The first-order valence-electron chi connectivity index (χ1n) is 8.98. The van der Waals surface area contributed by atoms with Gasteiger partial charge in [-0.1, -0.05) is 48.0 Å². The lowest BCUT2D eigenvalue weighted by Gasteiger charge is -2.12. The number of carbonyl (C=O) groups is 1. The molecule has 0 aliphatic heterocycles. The van der Waals surface area contributed by atoms with Crippen LogP contribution in [0.3, 0.4) is 0 Å². The zero-order chi connectivity index (χ0) is 19.2. The summed E-state index contributed by atoms with van der Waals surface area (Å²) in [4.78, 5) is 21.4. The molecule has 1 amide bonds. The molecule has 0 unspecified atom stereocenters. The number of ether oxygens (including phenoxy) is 1. The van der Waals surface area contributed by atoms with Gasteiger partial charge in [-0.2, -0.15) is 0 Å². The van der Waals surface area contributed by atoms with Crippen molar-refractivity contribution in [2.75, 3.05) is 6.61 Å². The Morgan fingerprint density at radius 3 is 2.52 bits per heavy atom. The summed E-state index contributed by atoms with van der Waals surface area (Å²) in [6.07, 6.45) is 1.58. The van der Waals surface area contributed by atoms with Crippen molar-refractivity contribution in [1.82, 2.24) is 15.3 Å². The van der Waals surface area contributed by atoms with Gasteiger partial charge in [0.2, 0.25) is 0 Å². The molecule has 3 aromatic rings. The third kappa shape index (κ3) is 4.50. The van der Waals surface area contributed by atoms with Crippen LogP contribution in [-0.4, -0.2) is 22.5 Å². The number of benzene rings is 2.